The lowest BCUT2D eigenvalue weighted by Crippen LogP contribution is -2.35. The first kappa shape index (κ1) is 17.6. The highest BCUT2D eigenvalue weighted by molar-refractivity contribution is 6.41. The van der Waals surface area contributed by atoms with Crippen LogP contribution in [-0.2, 0) is 11.3 Å². The Morgan fingerprint density at radius 2 is 2.00 bits per heavy atom. The number of carbonyl (C=O) groups excluding carboxylic acids is 1. The molecule has 3 aromatic rings. The number of nitrogens with zero attached hydrogens (tertiary/aromatic N) is 4. The highest BCUT2D eigenvalue weighted by Gasteiger charge is 2.36. The Morgan fingerprint density at radius 1 is 1.22 bits per heavy atom. The molecule has 1 amide bonds. The van der Waals surface area contributed by atoms with E-state index in [-0.39, 0.29) is 16.6 Å². The van der Waals surface area contributed by atoms with Crippen molar-refractivity contribution in [3.05, 3.63) is 74.9 Å². The monoisotopic (exact) mass is 406 g/mol. The van der Waals surface area contributed by atoms with Gasteiger partial charge in [0.1, 0.15) is 34.8 Å². The molecule has 1 aliphatic rings. The zero-order valence-corrected chi connectivity index (χ0v) is 15.2. The lowest BCUT2D eigenvalue weighted by atomic mass is 10.1. The molecule has 1 aliphatic heterocycles. The maximum absolute atomic E-state index is 12.9. The van der Waals surface area contributed by atoms with Gasteiger partial charge in [0.25, 0.3) is 11.5 Å². The molecule has 0 spiro atoms. The van der Waals surface area contributed by atoms with Crippen molar-refractivity contribution in [2.75, 3.05) is 0 Å². The van der Waals surface area contributed by atoms with Gasteiger partial charge in [-0.05, 0) is 24.3 Å². The second kappa shape index (κ2) is 7.05. The summed E-state index contributed by atoms with van der Waals surface area (Å²) in [5.74, 6) is 0.681. The van der Waals surface area contributed by atoms with E-state index < -0.39 is 17.5 Å². The van der Waals surface area contributed by atoms with Gasteiger partial charge in [-0.2, -0.15) is 10.2 Å². The Balaban J connectivity index is 1.65. The van der Waals surface area contributed by atoms with E-state index in [1.165, 1.54) is 23.7 Å². The lowest BCUT2D eigenvalue weighted by Gasteiger charge is -2.20. The Bertz CT molecular complexity index is 1060. The molecule has 1 unspecified atom stereocenters. The van der Waals surface area contributed by atoms with Gasteiger partial charge in [0.2, 0.25) is 0 Å². The fraction of sp³-hybridized carbons (Fsp3) is 0.176. The highest BCUT2D eigenvalue weighted by Crippen LogP contribution is 2.33. The summed E-state index contributed by atoms with van der Waals surface area (Å²) in [5.41, 5.74) is -0.0503. The van der Waals surface area contributed by atoms with Crippen molar-refractivity contribution in [3.63, 3.8) is 0 Å². The largest absolute Gasteiger partial charge is 0.467 e. The predicted molar refractivity (Wildman–Crippen MR) is 96.7 cm³/mol. The third kappa shape index (κ3) is 3.29. The highest BCUT2D eigenvalue weighted by atomic mass is 35.5. The van der Waals surface area contributed by atoms with Crippen molar-refractivity contribution in [2.24, 2.45) is 5.10 Å². The van der Waals surface area contributed by atoms with Crippen molar-refractivity contribution >= 4 is 34.8 Å². The average Bonchev–Trinajstić information content (AvgIpc) is 3.40. The Morgan fingerprint density at radius 3 is 2.70 bits per heavy atom. The van der Waals surface area contributed by atoms with E-state index in [9.17, 15) is 9.59 Å². The number of halogens is 2. The molecule has 0 saturated carbocycles. The number of amides is 1. The number of hydrogen-bond donors (Lipinski definition) is 0. The molecule has 0 bridgehead atoms. The second-order valence-electron chi connectivity index (χ2n) is 5.77. The minimum absolute atomic E-state index is 0.0260. The normalized spacial score (nSPS) is 16.6. The van der Waals surface area contributed by atoms with Gasteiger partial charge < -0.3 is 8.83 Å². The summed E-state index contributed by atoms with van der Waals surface area (Å²) in [6.45, 7) is -0.345. The maximum Gasteiger partial charge on any atom is 0.287 e. The van der Waals surface area contributed by atoms with Crippen molar-refractivity contribution in [1.82, 2.24) is 14.8 Å². The average molecular weight is 407 g/mol. The summed E-state index contributed by atoms with van der Waals surface area (Å²) in [6, 6.07) is 6.54. The number of hydrogen-bond acceptors (Lipinski definition) is 6. The van der Waals surface area contributed by atoms with E-state index in [2.05, 4.69) is 10.2 Å². The minimum atomic E-state index is -0.651. The molecule has 3 aromatic heterocycles. The second-order valence-corrected chi connectivity index (χ2v) is 6.55. The number of rotatable bonds is 4. The molecule has 0 aromatic carbocycles. The predicted octanol–water partition coefficient (Wildman–Crippen LogP) is 3.11. The van der Waals surface area contributed by atoms with E-state index in [1.54, 1.807) is 24.3 Å². The first-order chi connectivity index (χ1) is 13.0. The van der Waals surface area contributed by atoms with Gasteiger partial charge in [-0.15, -0.1) is 0 Å². The molecule has 4 heterocycles. The Labute approximate surface area is 162 Å². The third-order valence-corrected chi connectivity index (χ3v) is 4.82. The van der Waals surface area contributed by atoms with Crippen molar-refractivity contribution < 1.29 is 13.6 Å². The van der Waals surface area contributed by atoms with Crippen molar-refractivity contribution in [3.8, 4) is 0 Å². The van der Waals surface area contributed by atoms with Crippen LogP contribution in [0, 0.1) is 0 Å². The Hall–Kier alpha value is -2.84. The van der Waals surface area contributed by atoms with E-state index in [4.69, 9.17) is 32.0 Å². The third-order valence-electron chi connectivity index (χ3n) is 4.07. The van der Waals surface area contributed by atoms with Crippen LogP contribution >= 0.6 is 23.2 Å². The van der Waals surface area contributed by atoms with Crippen LogP contribution in [0.5, 0.6) is 0 Å². The van der Waals surface area contributed by atoms with E-state index in [0.29, 0.717) is 23.7 Å². The summed E-state index contributed by atoms with van der Waals surface area (Å²) in [5, 5.41) is 9.34. The SMILES string of the molecule is O=C(Cn1ncc(Cl)c(Cl)c1=O)N1N=C(c2ccco2)CC1c1ccco1. The van der Waals surface area contributed by atoms with Crippen LogP contribution in [0.2, 0.25) is 10.0 Å². The molecule has 0 radical (unpaired) electrons. The van der Waals surface area contributed by atoms with E-state index >= 15 is 0 Å². The van der Waals surface area contributed by atoms with Crippen LogP contribution < -0.4 is 5.56 Å². The zero-order valence-electron chi connectivity index (χ0n) is 13.7. The summed E-state index contributed by atoms with van der Waals surface area (Å²) < 4.78 is 11.8. The molecule has 8 nitrogen and oxygen atoms in total. The molecular formula is C17H12Cl2N4O4. The first-order valence-electron chi connectivity index (χ1n) is 7.92. The Kier molecular flexibility index (Phi) is 4.59. The summed E-state index contributed by atoms with van der Waals surface area (Å²) in [4.78, 5) is 25.0. The van der Waals surface area contributed by atoms with Crippen LogP contribution in [0.3, 0.4) is 0 Å². The molecule has 1 atom stereocenters. The first-order valence-corrected chi connectivity index (χ1v) is 8.68. The van der Waals surface area contributed by atoms with Gasteiger partial charge in [-0.25, -0.2) is 9.69 Å². The molecule has 27 heavy (non-hydrogen) atoms. The quantitative estimate of drug-likeness (QED) is 0.663. The molecular weight excluding hydrogens is 395 g/mol. The van der Waals surface area contributed by atoms with Crippen LogP contribution in [0.1, 0.15) is 24.0 Å². The smallest absolute Gasteiger partial charge is 0.287 e. The zero-order chi connectivity index (χ0) is 19.0. The molecule has 0 aliphatic carbocycles. The number of aromatic nitrogens is 2. The number of hydrazone groups is 1. The van der Waals surface area contributed by atoms with E-state index in [0.717, 1.165) is 4.68 Å². The van der Waals surface area contributed by atoms with Crippen LogP contribution in [0.15, 0.2) is 61.7 Å². The summed E-state index contributed by atoms with van der Waals surface area (Å²) >= 11 is 11.6. The fourth-order valence-electron chi connectivity index (χ4n) is 2.79. The number of furan rings is 2. The summed E-state index contributed by atoms with van der Waals surface area (Å²) in [7, 11) is 0. The fourth-order valence-corrected chi connectivity index (χ4v) is 3.06. The van der Waals surface area contributed by atoms with Gasteiger partial charge in [-0.3, -0.25) is 9.59 Å². The molecule has 10 heteroatoms. The molecule has 0 fully saturated rings. The van der Waals surface area contributed by atoms with Gasteiger partial charge >= 0.3 is 0 Å². The van der Waals surface area contributed by atoms with Crippen molar-refractivity contribution in [1.29, 1.82) is 0 Å². The molecule has 0 N–H and O–H groups in total. The topological polar surface area (TPSA) is 93.8 Å². The van der Waals surface area contributed by atoms with Crippen molar-refractivity contribution in [2.45, 2.75) is 19.0 Å². The molecule has 4 rings (SSSR count). The van der Waals surface area contributed by atoms with Crippen LogP contribution in [0.25, 0.3) is 0 Å². The van der Waals surface area contributed by atoms with Gasteiger partial charge in [-0.1, -0.05) is 23.2 Å². The maximum atomic E-state index is 12.9. The van der Waals surface area contributed by atoms with Crippen LogP contribution in [-0.4, -0.2) is 26.4 Å². The van der Waals surface area contributed by atoms with Gasteiger partial charge in [0.05, 0.1) is 23.7 Å². The minimum Gasteiger partial charge on any atom is -0.467 e. The number of carbonyl (C=O) groups is 1. The van der Waals surface area contributed by atoms with Gasteiger partial charge in [0.15, 0.2) is 0 Å². The molecule has 0 saturated heterocycles. The van der Waals surface area contributed by atoms with Gasteiger partial charge in [0, 0.05) is 6.42 Å². The van der Waals surface area contributed by atoms with Crippen LogP contribution in [0.4, 0.5) is 0 Å². The standard InChI is InChI=1S/C17H12Cl2N4O4/c18-10-8-20-22(17(25)16(10)19)9-15(24)23-12(14-4-2-6-27-14)7-11(21-23)13-3-1-5-26-13/h1-6,8,12H,7,9H2. The molecule has 138 valence electrons. The lowest BCUT2D eigenvalue weighted by molar-refractivity contribution is -0.134. The van der Waals surface area contributed by atoms with E-state index in [1.807, 2.05) is 0 Å². The summed E-state index contributed by atoms with van der Waals surface area (Å²) in [6.07, 6.45) is 4.68.